The molecule has 4 heteroatoms. The molecule has 0 amide bonds. The lowest BCUT2D eigenvalue weighted by molar-refractivity contribution is 0.0540. The molecule has 0 saturated heterocycles. The fourth-order valence-corrected chi connectivity index (χ4v) is 2.67. The van der Waals surface area contributed by atoms with Crippen LogP contribution in [0.2, 0.25) is 0 Å². The first-order valence-corrected chi connectivity index (χ1v) is 6.98. The predicted molar refractivity (Wildman–Crippen MR) is 72.3 cm³/mol. The monoisotopic (exact) mass is 251 g/mol. The molecule has 1 aromatic heterocycles. The molecule has 0 unspecified atom stereocenters. The van der Waals surface area contributed by atoms with Crippen LogP contribution in [0.4, 0.5) is 0 Å². The minimum absolute atomic E-state index is 0.0963. The fourth-order valence-electron chi connectivity index (χ4n) is 2.67. The molecule has 0 aliphatic heterocycles. The number of nitrogens with two attached hydrogens (primary N) is 1. The van der Waals surface area contributed by atoms with Crippen LogP contribution in [0.25, 0.3) is 0 Å². The van der Waals surface area contributed by atoms with Crippen LogP contribution >= 0.6 is 0 Å². The van der Waals surface area contributed by atoms with Crippen molar-refractivity contribution in [3.05, 3.63) is 18.2 Å². The smallest absolute Gasteiger partial charge is 0.0951 e. The topological polar surface area (TPSA) is 53.1 Å². The van der Waals surface area contributed by atoms with Crippen LogP contribution in [0.3, 0.4) is 0 Å². The lowest BCUT2D eigenvalue weighted by atomic mass is 9.83. The Labute approximate surface area is 110 Å². The molecule has 18 heavy (non-hydrogen) atoms. The molecule has 0 aromatic carbocycles. The first kappa shape index (κ1) is 13.6. The summed E-state index contributed by atoms with van der Waals surface area (Å²) in [5, 5.41) is 0. The van der Waals surface area contributed by atoms with Gasteiger partial charge in [-0.05, 0) is 26.7 Å². The van der Waals surface area contributed by atoms with Gasteiger partial charge in [-0.2, -0.15) is 0 Å². The van der Waals surface area contributed by atoms with E-state index in [1.54, 1.807) is 0 Å². The molecular weight excluding hydrogens is 226 g/mol. The van der Waals surface area contributed by atoms with E-state index in [-0.39, 0.29) is 5.54 Å². The molecule has 2 N–H and O–H groups in total. The predicted octanol–water partition coefficient (Wildman–Crippen LogP) is 2.64. The van der Waals surface area contributed by atoms with Gasteiger partial charge < -0.3 is 15.0 Å². The van der Waals surface area contributed by atoms with Gasteiger partial charge in [-0.25, -0.2) is 4.98 Å². The van der Waals surface area contributed by atoms with Crippen molar-refractivity contribution >= 4 is 0 Å². The zero-order valence-electron chi connectivity index (χ0n) is 11.6. The van der Waals surface area contributed by atoms with Crippen LogP contribution in [0.5, 0.6) is 0 Å². The number of hydrogen-bond donors (Lipinski definition) is 1. The average molecular weight is 251 g/mol. The van der Waals surface area contributed by atoms with E-state index >= 15 is 0 Å². The molecule has 1 fully saturated rings. The molecule has 0 atom stereocenters. The fraction of sp³-hybridized carbons (Fsp3) is 0.786. The summed E-state index contributed by atoms with van der Waals surface area (Å²) in [7, 11) is 0. The van der Waals surface area contributed by atoms with E-state index in [0.29, 0.717) is 19.3 Å². The summed E-state index contributed by atoms with van der Waals surface area (Å²) in [4.78, 5) is 4.18. The molecule has 1 aliphatic rings. The van der Waals surface area contributed by atoms with Gasteiger partial charge in [0.2, 0.25) is 0 Å². The highest BCUT2D eigenvalue weighted by atomic mass is 16.5. The summed E-state index contributed by atoms with van der Waals surface area (Å²) in [6, 6.07) is 0.424. The number of rotatable bonds is 5. The van der Waals surface area contributed by atoms with Gasteiger partial charge >= 0.3 is 0 Å². The van der Waals surface area contributed by atoms with Crippen molar-refractivity contribution in [2.75, 3.05) is 6.61 Å². The Morgan fingerprint density at radius 2 is 2.11 bits per heavy atom. The Bertz CT molecular complexity index is 367. The van der Waals surface area contributed by atoms with E-state index in [1.165, 1.54) is 19.3 Å². The van der Waals surface area contributed by atoms with Crippen LogP contribution < -0.4 is 5.73 Å². The molecule has 2 rings (SSSR count). The summed E-state index contributed by atoms with van der Waals surface area (Å²) in [6.07, 6.45) is 9.73. The second-order valence-electron chi connectivity index (χ2n) is 5.80. The van der Waals surface area contributed by atoms with E-state index in [2.05, 4.69) is 23.4 Å². The molecule has 1 saturated carbocycles. The van der Waals surface area contributed by atoms with Crippen LogP contribution in [0.15, 0.2) is 12.5 Å². The minimum Gasteiger partial charge on any atom is -0.373 e. The molecular formula is C14H25N3O. The van der Waals surface area contributed by atoms with Gasteiger partial charge in [0.1, 0.15) is 0 Å². The Balaban J connectivity index is 1.82. The quantitative estimate of drug-likeness (QED) is 0.875. The standard InChI is InChI=1S/C14H25N3O/c1-12(2)17-11-16-8-13(17)9-18-10-14(15)6-4-3-5-7-14/h8,11-12H,3-7,9-10,15H2,1-2H3. The van der Waals surface area contributed by atoms with E-state index in [0.717, 1.165) is 18.5 Å². The maximum atomic E-state index is 6.35. The normalized spacial score (nSPS) is 19.3. The van der Waals surface area contributed by atoms with Gasteiger partial charge in [-0.15, -0.1) is 0 Å². The molecule has 1 aliphatic carbocycles. The lowest BCUT2D eigenvalue weighted by Crippen LogP contribution is -2.46. The minimum atomic E-state index is -0.0963. The third kappa shape index (κ3) is 3.33. The number of ether oxygens (including phenoxy) is 1. The molecule has 4 nitrogen and oxygen atoms in total. The zero-order chi connectivity index (χ0) is 13.0. The highest BCUT2D eigenvalue weighted by Gasteiger charge is 2.27. The van der Waals surface area contributed by atoms with Crippen LogP contribution in [0.1, 0.15) is 57.7 Å². The molecule has 0 bridgehead atoms. The lowest BCUT2D eigenvalue weighted by Gasteiger charge is -2.33. The highest BCUT2D eigenvalue weighted by molar-refractivity contribution is 4.98. The number of hydrogen-bond acceptors (Lipinski definition) is 3. The molecule has 0 radical (unpaired) electrons. The Kier molecular flexibility index (Phi) is 4.40. The van der Waals surface area contributed by atoms with E-state index in [1.807, 2.05) is 12.5 Å². The first-order chi connectivity index (χ1) is 8.61. The summed E-state index contributed by atoms with van der Waals surface area (Å²) in [6.45, 7) is 5.57. The molecule has 0 spiro atoms. The van der Waals surface area contributed by atoms with Crippen molar-refractivity contribution in [1.82, 2.24) is 9.55 Å². The van der Waals surface area contributed by atoms with E-state index in [9.17, 15) is 0 Å². The SMILES string of the molecule is CC(C)n1cncc1COCC1(N)CCCCC1. The number of imidazole rings is 1. The first-order valence-electron chi connectivity index (χ1n) is 6.98. The molecule has 102 valence electrons. The van der Waals surface area contributed by atoms with Gasteiger partial charge in [0.25, 0.3) is 0 Å². The third-order valence-electron chi connectivity index (χ3n) is 3.79. The largest absolute Gasteiger partial charge is 0.373 e. The number of aromatic nitrogens is 2. The van der Waals surface area contributed by atoms with Gasteiger partial charge in [0.15, 0.2) is 0 Å². The Morgan fingerprint density at radius 1 is 1.39 bits per heavy atom. The average Bonchev–Trinajstić information content (AvgIpc) is 2.78. The van der Waals surface area contributed by atoms with Crippen molar-refractivity contribution in [2.45, 2.75) is 64.1 Å². The molecule has 1 aromatic rings. The van der Waals surface area contributed by atoms with Gasteiger partial charge in [-0.1, -0.05) is 19.3 Å². The second kappa shape index (κ2) is 5.85. The van der Waals surface area contributed by atoms with E-state index in [4.69, 9.17) is 10.5 Å². The Hall–Kier alpha value is -0.870. The summed E-state index contributed by atoms with van der Waals surface area (Å²) in [5.41, 5.74) is 7.38. The second-order valence-corrected chi connectivity index (χ2v) is 5.80. The van der Waals surface area contributed by atoms with E-state index < -0.39 is 0 Å². The van der Waals surface area contributed by atoms with Gasteiger partial charge in [0.05, 0.1) is 31.4 Å². The third-order valence-corrected chi connectivity index (χ3v) is 3.79. The van der Waals surface area contributed by atoms with Crippen LogP contribution in [0, 0.1) is 0 Å². The zero-order valence-corrected chi connectivity index (χ0v) is 11.6. The van der Waals surface area contributed by atoms with Crippen molar-refractivity contribution in [3.8, 4) is 0 Å². The van der Waals surface area contributed by atoms with Crippen LogP contribution in [-0.2, 0) is 11.3 Å². The van der Waals surface area contributed by atoms with Crippen molar-refractivity contribution in [2.24, 2.45) is 5.73 Å². The summed E-state index contributed by atoms with van der Waals surface area (Å²) < 4.78 is 7.97. The maximum absolute atomic E-state index is 6.35. The maximum Gasteiger partial charge on any atom is 0.0951 e. The summed E-state index contributed by atoms with van der Waals surface area (Å²) in [5.74, 6) is 0. The summed E-state index contributed by atoms with van der Waals surface area (Å²) >= 11 is 0. The highest BCUT2D eigenvalue weighted by Crippen LogP contribution is 2.26. The Morgan fingerprint density at radius 3 is 2.78 bits per heavy atom. The number of nitrogens with zero attached hydrogens (tertiary/aromatic N) is 2. The van der Waals surface area contributed by atoms with Gasteiger partial charge in [0, 0.05) is 11.6 Å². The van der Waals surface area contributed by atoms with Crippen molar-refractivity contribution < 1.29 is 4.74 Å². The molecule has 1 heterocycles. The van der Waals surface area contributed by atoms with Gasteiger partial charge in [-0.3, -0.25) is 0 Å². The van der Waals surface area contributed by atoms with Crippen molar-refractivity contribution in [3.63, 3.8) is 0 Å². The van der Waals surface area contributed by atoms with Crippen LogP contribution in [-0.4, -0.2) is 21.7 Å². The van der Waals surface area contributed by atoms with Crippen molar-refractivity contribution in [1.29, 1.82) is 0 Å².